The number of anilines is 2. The standard InChI is InChI=1S/C32H27N3O4S/c1-38-28-14-12-26-30(24(28)16-17-33)40-31-25(18-34-32(37)23-11-7-6-10-22(23)20-36)29(39-2)15-13-27(31)35(26)19-21-8-4-3-5-9-21/h3-15,20H,16,18-19H2,1-2H3,(H,34,37). The van der Waals surface area contributed by atoms with Crippen molar-refractivity contribution in [2.75, 3.05) is 19.1 Å². The summed E-state index contributed by atoms with van der Waals surface area (Å²) in [6.45, 7) is 0.780. The van der Waals surface area contributed by atoms with Gasteiger partial charge in [-0.1, -0.05) is 60.3 Å². The molecule has 0 aromatic heterocycles. The quantitative estimate of drug-likeness (QED) is 0.245. The highest BCUT2D eigenvalue weighted by Gasteiger charge is 2.30. The van der Waals surface area contributed by atoms with Crippen LogP contribution in [0.3, 0.4) is 0 Å². The van der Waals surface area contributed by atoms with E-state index in [1.165, 1.54) is 0 Å². The number of amides is 1. The summed E-state index contributed by atoms with van der Waals surface area (Å²) in [5.41, 5.74) is 5.32. The lowest BCUT2D eigenvalue weighted by molar-refractivity contribution is 0.0945. The number of carbonyl (C=O) groups excluding carboxylic acids is 2. The number of nitrogens with one attached hydrogen (secondary N) is 1. The fourth-order valence-corrected chi connectivity index (χ4v) is 6.24. The second kappa shape index (κ2) is 12.0. The molecule has 8 heteroatoms. The van der Waals surface area contributed by atoms with E-state index in [2.05, 4.69) is 28.4 Å². The number of ether oxygens (including phenoxy) is 2. The Morgan fingerprint density at radius 1 is 0.900 bits per heavy atom. The van der Waals surface area contributed by atoms with E-state index in [-0.39, 0.29) is 18.9 Å². The molecule has 200 valence electrons. The fraction of sp³-hybridized carbons (Fsp3) is 0.156. The molecule has 0 saturated heterocycles. The average Bonchev–Trinajstić information content (AvgIpc) is 3.00. The van der Waals surface area contributed by atoms with Gasteiger partial charge in [0, 0.05) is 45.1 Å². The summed E-state index contributed by atoms with van der Waals surface area (Å²) < 4.78 is 11.4. The summed E-state index contributed by atoms with van der Waals surface area (Å²) in [5.74, 6) is 0.929. The molecule has 7 nitrogen and oxygen atoms in total. The minimum Gasteiger partial charge on any atom is -0.496 e. The van der Waals surface area contributed by atoms with Gasteiger partial charge in [0.25, 0.3) is 5.91 Å². The van der Waals surface area contributed by atoms with Crippen LogP contribution in [0.4, 0.5) is 11.4 Å². The van der Waals surface area contributed by atoms with Crippen LogP contribution in [0.2, 0.25) is 0 Å². The van der Waals surface area contributed by atoms with Crippen molar-refractivity contribution >= 4 is 35.3 Å². The molecule has 4 aromatic carbocycles. The molecule has 0 radical (unpaired) electrons. The lowest BCUT2D eigenvalue weighted by Gasteiger charge is -2.35. The maximum absolute atomic E-state index is 13.1. The molecule has 1 heterocycles. The van der Waals surface area contributed by atoms with Gasteiger partial charge >= 0.3 is 0 Å². The predicted octanol–water partition coefficient (Wildman–Crippen LogP) is 6.32. The van der Waals surface area contributed by atoms with Gasteiger partial charge in [0.1, 0.15) is 11.5 Å². The molecule has 1 aliphatic rings. The largest absolute Gasteiger partial charge is 0.496 e. The summed E-state index contributed by atoms with van der Waals surface area (Å²) in [6, 6.07) is 27.0. The number of aldehydes is 1. The third kappa shape index (κ3) is 5.12. The van der Waals surface area contributed by atoms with Crippen LogP contribution in [0.1, 0.15) is 37.4 Å². The molecule has 0 atom stereocenters. The minimum absolute atomic E-state index is 0.178. The van der Waals surface area contributed by atoms with Crippen LogP contribution in [0.15, 0.2) is 88.7 Å². The zero-order chi connectivity index (χ0) is 28.1. The van der Waals surface area contributed by atoms with Crippen molar-refractivity contribution in [1.29, 1.82) is 5.26 Å². The molecule has 0 fully saturated rings. The molecular formula is C32H27N3O4S. The van der Waals surface area contributed by atoms with E-state index < -0.39 is 0 Å². The number of methoxy groups -OCH3 is 2. The lowest BCUT2D eigenvalue weighted by Crippen LogP contribution is -2.26. The number of rotatable bonds is 9. The summed E-state index contributed by atoms with van der Waals surface area (Å²) in [4.78, 5) is 28.7. The van der Waals surface area contributed by atoms with Crippen LogP contribution in [0, 0.1) is 11.3 Å². The molecule has 0 saturated carbocycles. The van der Waals surface area contributed by atoms with Gasteiger partial charge in [-0.05, 0) is 35.9 Å². The van der Waals surface area contributed by atoms with E-state index >= 15 is 0 Å². The number of nitrogens with zero attached hydrogens (tertiary/aromatic N) is 2. The van der Waals surface area contributed by atoms with Gasteiger partial charge in [-0.15, -0.1) is 0 Å². The summed E-state index contributed by atoms with van der Waals surface area (Å²) in [5, 5.41) is 12.6. The first-order chi connectivity index (χ1) is 19.6. The molecule has 0 spiro atoms. The maximum atomic E-state index is 13.1. The molecule has 4 aromatic rings. The lowest BCUT2D eigenvalue weighted by atomic mass is 10.1. The van der Waals surface area contributed by atoms with E-state index in [0.717, 1.165) is 37.9 Å². The molecule has 1 amide bonds. The number of hydrogen-bond donors (Lipinski definition) is 1. The van der Waals surface area contributed by atoms with Gasteiger partial charge in [0.05, 0.1) is 38.1 Å². The number of fused-ring (bicyclic) bond motifs is 2. The Balaban J connectivity index is 1.61. The van der Waals surface area contributed by atoms with Crippen LogP contribution in [0.5, 0.6) is 11.5 Å². The van der Waals surface area contributed by atoms with Gasteiger partial charge in [0.15, 0.2) is 6.29 Å². The number of benzene rings is 4. The average molecular weight is 550 g/mol. The van der Waals surface area contributed by atoms with Crippen LogP contribution >= 0.6 is 11.8 Å². The Bertz CT molecular complexity index is 1610. The van der Waals surface area contributed by atoms with Gasteiger partial charge in [-0.3, -0.25) is 9.59 Å². The van der Waals surface area contributed by atoms with Gasteiger partial charge in [-0.25, -0.2) is 0 Å². The number of nitriles is 1. The SMILES string of the molecule is COc1ccc2c(c1CC#N)Sc1c(ccc(OC)c1CNC(=O)c1ccccc1C=O)N2Cc1ccccc1. The first-order valence-electron chi connectivity index (χ1n) is 12.7. The van der Waals surface area contributed by atoms with Crippen molar-refractivity contribution in [2.24, 2.45) is 0 Å². The topological polar surface area (TPSA) is 91.7 Å². The van der Waals surface area contributed by atoms with Crippen molar-refractivity contribution in [3.63, 3.8) is 0 Å². The second-order valence-corrected chi connectivity index (χ2v) is 10.1. The highest BCUT2D eigenvalue weighted by atomic mass is 32.2. The Hall–Kier alpha value is -4.74. The predicted molar refractivity (Wildman–Crippen MR) is 155 cm³/mol. The fourth-order valence-electron chi connectivity index (χ4n) is 4.88. The smallest absolute Gasteiger partial charge is 0.252 e. The molecule has 5 rings (SSSR count). The Labute approximate surface area is 237 Å². The van der Waals surface area contributed by atoms with Crippen LogP contribution < -0.4 is 19.7 Å². The van der Waals surface area contributed by atoms with Crippen LogP contribution in [-0.2, 0) is 19.5 Å². The van der Waals surface area contributed by atoms with Gasteiger partial charge < -0.3 is 19.7 Å². The van der Waals surface area contributed by atoms with E-state index in [9.17, 15) is 14.9 Å². The van der Waals surface area contributed by atoms with Crippen molar-refractivity contribution in [3.8, 4) is 17.6 Å². The minimum atomic E-state index is -0.350. The first-order valence-corrected chi connectivity index (χ1v) is 13.5. The Morgan fingerprint density at radius 2 is 1.52 bits per heavy atom. The molecule has 40 heavy (non-hydrogen) atoms. The number of hydrogen-bond acceptors (Lipinski definition) is 7. The molecule has 0 bridgehead atoms. The summed E-state index contributed by atoms with van der Waals surface area (Å²) in [7, 11) is 3.20. The molecular weight excluding hydrogens is 522 g/mol. The van der Waals surface area contributed by atoms with Gasteiger partial charge in [0.2, 0.25) is 0 Å². The normalized spacial score (nSPS) is 11.6. The van der Waals surface area contributed by atoms with Crippen LogP contribution in [-0.4, -0.2) is 26.4 Å². The highest BCUT2D eigenvalue weighted by Crippen LogP contribution is 2.54. The van der Waals surface area contributed by atoms with Crippen molar-refractivity contribution in [3.05, 3.63) is 107 Å². The number of carbonyl (C=O) groups is 2. The first kappa shape index (κ1) is 26.9. The van der Waals surface area contributed by atoms with Crippen LogP contribution in [0.25, 0.3) is 0 Å². The second-order valence-electron chi connectivity index (χ2n) is 9.09. The summed E-state index contributed by atoms with van der Waals surface area (Å²) in [6.07, 6.45) is 0.866. The molecule has 0 unspecified atom stereocenters. The van der Waals surface area contributed by atoms with E-state index in [0.29, 0.717) is 35.5 Å². The van der Waals surface area contributed by atoms with E-state index in [1.807, 2.05) is 42.5 Å². The van der Waals surface area contributed by atoms with Crippen molar-refractivity contribution in [1.82, 2.24) is 5.32 Å². The van der Waals surface area contributed by atoms with E-state index in [1.54, 1.807) is 50.2 Å². The zero-order valence-corrected chi connectivity index (χ0v) is 23.0. The maximum Gasteiger partial charge on any atom is 0.252 e. The molecule has 1 N–H and O–H groups in total. The van der Waals surface area contributed by atoms with Crippen molar-refractivity contribution < 1.29 is 19.1 Å². The molecule has 0 aliphatic carbocycles. The third-order valence-electron chi connectivity index (χ3n) is 6.82. The summed E-state index contributed by atoms with van der Waals surface area (Å²) >= 11 is 1.54. The molecule has 1 aliphatic heterocycles. The zero-order valence-electron chi connectivity index (χ0n) is 22.1. The van der Waals surface area contributed by atoms with Gasteiger partial charge in [-0.2, -0.15) is 5.26 Å². The van der Waals surface area contributed by atoms with Crippen molar-refractivity contribution in [2.45, 2.75) is 29.3 Å². The third-order valence-corrected chi connectivity index (χ3v) is 8.14. The van der Waals surface area contributed by atoms with E-state index in [4.69, 9.17) is 9.47 Å². The Kier molecular flexibility index (Phi) is 8.04. The Morgan fingerprint density at radius 3 is 2.17 bits per heavy atom. The monoisotopic (exact) mass is 549 g/mol. The highest BCUT2D eigenvalue weighted by molar-refractivity contribution is 7.99.